The molecule has 1 saturated heterocycles. The Bertz CT molecular complexity index is 235. The lowest BCUT2D eigenvalue weighted by atomic mass is 10.1. The van der Waals surface area contributed by atoms with Gasteiger partial charge in [-0.15, -0.1) is 0 Å². The molecule has 94 valence electrons. The summed E-state index contributed by atoms with van der Waals surface area (Å²) in [5.41, 5.74) is 0.182. The minimum absolute atomic E-state index is 0.182. The van der Waals surface area contributed by atoms with Crippen molar-refractivity contribution in [1.82, 2.24) is 15.5 Å². The number of carbonyl (C=O) groups excluding carboxylic acids is 1. The number of piperidine rings is 1. The van der Waals surface area contributed by atoms with Gasteiger partial charge in [-0.2, -0.15) is 0 Å². The van der Waals surface area contributed by atoms with Gasteiger partial charge in [0.1, 0.15) is 0 Å². The van der Waals surface area contributed by atoms with Crippen molar-refractivity contribution in [2.45, 2.75) is 45.2 Å². The number of amides is 1. The zero-order chi connectivity index (χ0) is 12.2. The van der Waals surface area contributed by atoms with Crippen LogP contribution in [-0.4, -0.2) is 49.1 Å². The van der Waals surface area contributed by atoms with Gasteiger partial charge < -0.3 is 15.5 Å². The Morgan fingerprint density at radius 1 is 1.38 bits per heavy atom. The molecule has 0 spiro atoms. The maximum absolute atomic E-state index is 11.3. The molecule has 1 atom stereocenters. The highest BCUT2D eigenvalue weighted by atomic mass is 16.2. The summed E-state index contributed by atoms with van der Waals surface area (Å²) in [6.45, 7) is 9.27. The van der Waals surface area contributed by atoms with Crippen LogP contribution >= 0.6 is 0 Å². The maximum Gasteiger partial charge on any atom is 0.222 e. The first-order valence-electron chi connectivity index (χ1n) is 6.11. The van der Waals surface area contributed by atoms with Crippen LogP contribution in [0.25, 0.3) is 0 Å². The first-order chi connectivity index (χ1) is 7.38. The molecule has 4 nitrogen and oxygen atoms in total. The lowest BCUT2D eigenvalue weighted by molar-refractivity contribution is -0.132. The number of carbonyl (C=O) groups is 1. The van der Waals surface area contributed by atoms with Gasteiger partial charge in [0.25, 0.3) is 0 Å². The van der Waals surface area contributed by atoms with Crippen LogP contribution < -0.4 is 10.6 Å². The summed E-state index contributed by atoms with van der Waals surface area (Å²) in [4.78, 5) is 13.1. The molecule has 0 aromatic heterocycles. The molecule has 1 aliphatic heterocycles. The molecule has 1 heterocycles. The molecular weight excluding hydrogens is 202 g/mol. The van der Waals surface area contributed by atoms with Crippen molar-refractivity contribution < 1.29 is 4.79 Å². The fourth-order valence-corrected chi connectivity index (χ4v) is 1.89. The minimum atomic E-state index is 0.182. The van der Waals surface area contributed by atoms with Crippen LogP contribution in [0.5, 0.6) is 0 Å². The molecule has 1 fully saturated rings. The zero-order valence-electron chi connectivity index (χ0n) is 11.0. The number of hydrogen-bond acceptors (Lipinski definition) is 3. The molecule has 16 heavy (non-hydrogen) atoms. The van der Waals surface area contributed by atoms with Gasteiger partial charge in [-0.1, -0.05) is 0 Å². The van der Waals surface area contributed by atoms with Crippen molar-refractivity contribution in [3.05, 3.63) is 0 Å². The van der Waals surface area contributed by atoms with Gasteiger partial charge >= 0.3 is 0 Å². The van der Waals surface area contributed by atoms with Crippen molar-refractivity contribution in [1.29, 1.82) is 0 Å². The summed E-state index contributed by atoms with van der Waals surface area (Å²) >= 11 is 0. The SMILES string of the molecule is CN1CC(NCCNC(C)(C)C)CCC1=O. The molecule has 0 saturated carbocycles. The smallest absolute Gasteiger partial charge is 0.222 e. The highest BCUT2D eigenvalue weighted by Gasteiger charge is 2.21. The van der Waals surface area contributed by atoms with Crippen molar-refractivity contribution in [3.63, 3.8) is 0 Å². The zero-order valence-corrected chi connectivity index (χ0v) is 11.0. The van der Waals surface area contributed by atoms with Crippen molar-refractivity contribution in [3.8, 4) is 0 Å². The molecule has 1 aliphatic rings. The van der Waals surface area contributed by atoms with E-state index in [1.807, 2.05) is 11.9 Å². The summed E-state index contributed by atoms with van der Waals surface area (Å²) in [6.07, 6.45) is 1.65. The van der Waals surface area contributed by atoms with Crippen LogP contribution in [0.1, 0.15) is 33.6 Å². The Labute approximate surface area is 98.8 Å². The van der Waals surface area contributed by atoms with Gasteiger partial charge in [0.2, 0.25) is 5.91 Å². The van der Waals surface area contributed by atoms with E-state index in [0.29, 0.717) is 12.5 Å². The van der Waals surface area contributed by atoms with Gasteiger partial charge in [-0.05, 0) is 27.2 Å². The quantitative estimate of drug-likeness (QED) is 0.691. The molecule has 0 aliphatic carbocycles. The van der Waals surface area contributed by atoms with E-state index in [9.17, 15) is 4.79 Å². The number of likely N-dealkylation sites (N-methyl/N-ethyl adjacent to an activating group) is 1. The highest BCUT2D eigenvalue weighted by Crippen LogP contribution is 2.09. The fourth-order valence-electron chi connectivity index (χ4n) is 1.89. The van der Waals surface area contributed by atoms with Gasteiger partial charge in [0.05, 0.1) is 0 Å². The summed E-state index contributed by atoms with van der Waals surface area (Å²) in [7, 11) is 1.88. The third-order valence-corrected chi connectivity index (χ3v) is 2.84. The maximum atomic E-state index is 11.3. The first kappa shape index (κ1) is 13.5. The van der Waals surface area contributed by atoms with Crippen LogP contribution in [0.4, 0.5) is 0 Å². The number of likely N-dealkylation sites (tertiary alicyclic amines) is 1. The molecule has 1 amide bonds. The summed E-state index contributed by atoms with van der Waals surface area (Å²) in [5, 5.41) is 6.93. The summed E-state index contributed by atoms with van der Waals surface area (Å²) < 4.78 is 0. The molecule has 0 radical (unpaired) electrons. The number of hydrogen-bond donors (Lipinski definition) is 2. The van der Waals surface area contributed by atoms with E-state index < -0.39 is 0 Å². The number of nitrogens with zero attached hydrogens (tertiary/aromatic N) is 1. The lowest BCUT2D eigenvalue weighted by Crippen LogP contribution is -2.49. The molecule has 0 bridgehead atoms. The Morgan fingerprint density at radius 2 is 2.06 bits per heavy atom. The van der Waals surface area contributed by atoms with E-state index >= 15 is 0 Å². The largest absolute Gasteiger partial charge is 0.344 e. The van der Waals surface area contributed by atoms with E-state index in [1.54, 1.807) is 0 Å². The second-order valence-electron chi connectivity index (χ2n) is 5.64. The normalized spacial score (nSPS) is 22.6. The third-order valence-electron chi connectivity index (χ3n) is 2.84. The van der Waals surface area contributed by atoms with Crippen molar-refractivity contribution in [2.75, 3.05) is 26.7 Å². The number of nitrogens with one attached hydrogen (secondary N) is 2. The first-order valence-corrected chi connectivity index (χ1v) is 6.11. The Kier molecular flexibility index (Phi) is 4.74. The topological polar surface area (TPSA) is 44.4 Å². The molecule has 4 heteroatoms. The lowest BCUT2D eigenvalue weighted by Gasteiger charge is -2.30. The van der Waals surface area contributed by atoms with Crippen molar-refractivity contribution >= 4 is 5.91 Å². The van der Waals surface area contributed by atoms with Gasteiger partial charge in [0, 0.05) is 44.7 Å². The molecule has 0 aromatic rings. The van der Waals surface area contributed by atoms with Gasteiger partial charge in [0.15, 0.2) is 0 Å². The van der Waals surface area contributed by atoms with Gasteiger partial charge in [-0.25, -0.2) is 0 Å². The van der Waals surface area contributed by atoms with Crippen LogP contribution in [0, 0.1) is 0 Å². The molecule has 1 rings (SSSR count). The monoisotopic (exact) mass is 227 g/mol. The van der Waals surface area contributed by atoms with E-state index in [0.717, 1.165) is 26.1 Å². The average molecular weight is 227 g/mol. The second-order valence-corrected chi connectivity index (χ2v) is 5.64. The Hall–Kier alpha value is -0.610. The molecule has 0 aromatic carbocycles. The van der Waals surface area contributed by atoms with Crippen LogP contribution in [-0.2, 0) is 4.79 Å². The molecule has 1 unspecified atom stereocenters. The minimum Gasteiger partial charge on any atom is -0.344 e. The fraction of sp³-hybridized carbons (Fsp3) is 0.917. The van der Waals surface area contributed by atoms with Crippen LogP contribution in [0.2, 0.25) is 0 Å². The van der Waals surface area contributed by atoms with E-state index in [1.165, 1.54) is 0 Å². The van der Waals surface area contributed by atoms with Crippen molar-refractivity contribution in [2.24, 2.45) is 0 Å². The Balaban J connectivity index is 2.12. The average Bonchev–Trinajstić information content (AvgIpc) is 2.17. The van der Waals surface area contributed by atoms with Crippen LogP contribution in [0.15, 0.2) is 0 Å². The predicted molar refractivity (Wildman–Crippen MR) is 66.4 cm³/mol. The third kappa shape index (κ3) is 4.94. The summed E-state index contributed by atoms with van der Waals surface area (Å²) in [5.74, 6) is 0.269. The van der Waals surface area contributed by atoms with Gasteiger partial charge in [-0.3, -0.25) is 4.79 Å². The predicted octanol–water partition coefficient (Wildman–Crippen LogP) is 0.585. The van der Waals surface area contributed by atoms with Crippen LogP contribution in [0.3, 0.4) is 0 Å². The Morgan fingerprint density at radius 3 is 2.62 bits per heavy atom. The number of rotatable bonds is 4. The molecule has 2 N–H and O–H groups in total. The van der Waals surface area contributed by atoms with E-state index in [4.69, 9.17) is 0 Å². The highest BCUT2D eigenvalue weighted by molar-refractivity contribution is 5.76. The summed E-state index contributed by atoms with van der Waals surface area (Å²) in [6, 6.07) is 0.462. The second kappa shape index (κ2) is 5.64. The van der Waals surface area contributed by atoms with E-state index in [2.05, 4.69) is 31.4 Å². The standard InChI is InChI=1S/C12H25N3O/c1-12(2,3)14-8-7-13-10-5-6-11(16)15(4)9-10/h10,13-14H,5-9H2,1-4H3. The van der Waals surface area contributed by atoms with E-state index in [-0.39, 0.29) is 11.4 Å². The molecular formula is C12H25N3O.